The molecule has 7 heteroatoms. The molecule has 1 aliphatic heterocycles. The zero-order valence-corrected chi connectivity index (χ0v) is 8.61. The van der Waals surface area contributed by atoms with E-state index in [0.717, 1.165) is 10.4 Å². The van der Waals surface area contributed by atoms with Crippen molar-refractivity contribution in [1.82, 2.24) is 4.31 Å². The van der Waals surface area contributed by atoms with Gasteiger partial charge in [-0.15, -0.1) is 0 Å². The summed E-state index contributed by atoms with van der Waals surface area (Å²) in [5.74, 6) is -1.81. The molecule has 0 amide bonds. The van der Waals surface area contributed by atoms with E-state index in [1.165, 1.54) is 7.05 Å². The number of hydrogen-bond acceptors (Lipinski definition) is 3. The molecule has 0 saturated heterocycles. The zero-order chi connectivity index (χ0) is 11.2. The second-order valence-corrected chi connectivity index (χ2v) is 5.21. The number of sulfonamides is 1. The van der Waals surface area contributed by atoms with Gasteiger partial charge in [-0.3, -0.25) is 0 Å². The van der Waals surface area contributed by atoms with Crippen molar-refractivity contribution in [2.75, 3.05) is 19.0 Å². The van der Waals surface area contributed by atoms with E-state index in [2.05, 4.69) is 5.32 Å². The highest BCUT2D eigenvalue weighted by atomic mass is 32.2. The zero-order valence-electron chi connectivity index (χ0n) is 7.79. The maximum atomic E-state index is 13.2. The average Bonchev–Trinajstić information content (AvgIpc) is 2.12. The summed E-state index contributed by atoms with van der Waals surface area (Å²) in [6.07, 6.45) is 0. The fourth-order valence-corrected chi connectivity index (χ4v) is 2.63. The van der Waals surface area contributed by atoms with Crippen LogP contribution in [-0.4, -0.2) is 26.4 Å². The Morgan fingerprint density at radius 1 is 1.40 bits per heavy atom. The Morgan fingerprint density at radius 2 is 2.07 bits per heavy atom. The molecular weight excluding hydrogens is 226 g/mol. The Morgan fingerprint density at radius 3 is 2.73 bits per heavy atom. The SMILES string of the molecule is CN1CNc2c(F)cc(F)cc2S1(=O)=O. The van der Waals surface area contributed by atoms with Gasteiger partial charge in [0.25, 0.3) is 0 Å². The predicted octanol–water partition coefficient (Wildman–Crippen LogP) is 0.968. The van der Waals surface area contributed by atoms with Gasteiger partial charge in [0, 0.05) is 13.1 Å². The fraction of sp³-hybridized carbons (Fsp3) is 0.250. The smallest absolute Gasteiger partial charge is 0.246 e. The number of rotatable bonds is 0. The van der Waals surface area contributed by atoms with Crippen LogP contribution < -0.4 is 5.32 Å². The molecule has 0 aliphatic carbocycles. The number of anilines is 1. The monoisotopic (exact) mass is 234 g/mol. The average molecular weight is 234 g/mol. The Bertz CT molecular complexity index is 516. The quantitative estimate of drug-likeness (QED) is 0.727. The summed E-state index contributed by atoms with van der Waals surface area (Å²) in [5, 5.41) is 2.57. The van der Waals surface area contributed by atoms with Crippen LogP contribution in [0.2, 0.25) is 0 Å². The molecule has 15 heavy (non-hydrogen) atoms. The molecule has 0 saturated carbocycles. The highest BCUT2D eigenvalue weighted by Crippen LogP contribution is 2.31. The van der Waals surface area contributed by atoms with Crippen LogP contribution in [0.3, 0.4) is 0 Å². The highest BCUT2D eigenvalue weighted by Gasteiger charge is 2.31. The molecule has 0 fully saturated rings. The number of nitrogens with one attached hydrogen (secondary N) is 1. The van der Waals surface area contributed by atoms with E-state index < -0.39 is 21.7 Å². The largest absolute Gasteiger partial charge is 0.368 e. The van der Waals surface area contributed by atoms with E-state index in [-0.39, 0.29) is 17.3 Å². The maximum absolute atomic E-state index is 13.2. The van der Waals surface area contributed by atoms with Gasteiger partial charge in [-0.05, 0) is 6.07 Å². The van der Waals surface area contributed by atoms with Gasteiger partial charge in [0.1, 0.15) is 10.7 Å². The summed E-state index contributed by atoms with van der Waals surface area (Å²) in [4.78, 5) is -0.367. The number of hydrogen-bond donors (Lipinski definition) is 1. The van der Waals surface area contributed by atoms with E-state index >= 15 is 0 Å². The van der Waals surface area contributed by atoms with Gasteiger partial charge in [-0.25, -0.2) is 17.2 Å². The third-order valence-corrected chi connectivity index (χ3v) is 4.01. The van der Waals surface area contributed by atoms with Crippen LogP contribution in [0.1, 0.15) is 0 Å². The number of fused-ring (bicyclic) bond motifs is 1. The van der Waals surface area contributed by atoms with Gasteiger partial charge >= 0.3 is 0 Å². The normalized spacial score (nSPS) is 19.4. The lowest BCUT2D eigenvalue weighted by atomic mass is 10.3. The molecule has 0 spiro atoms. The lowest BCUT2D eigenvalue weighted by molar-refractivity contribution is 0.475. The van der Waals surface area contributed by atoms with Crippen molar-refractivity contribution in [2.45, 2.75) is 4.90 Å². The topological polar surface area (TPSA) is 49.4 Å². The standard InChI is InChI=1S/C8H8F2N2O2S/c1-12-4-11-8-6(10)2-5(9)3-7(8)15(12,13)14/h2-3,11H,4H2,1H3. The minimum absolute atomic E-state index is 0.0299. The summed E-state index contributed by atoms with van der Waals surface area (Å²) in [7, 11) is -2.45. The van der Waals surface area contributed by atoms with E-state index in [9.17, 15) is 17.2 Å². The first-order chi connectivity index (χ1) is 6.93. The Labute approximate surface area is 85.6 Å². The summed E-state index contributed by atoms with van der Waals surface area (Å²) >= 11 is 0. The molecule has 2 rings (SSSR count). The number of nitrogens with zero attached hydrogens (tertiary/aromatic N) is 1. The molecule has 1 aliphatic rings. The van der Waals surface area contributed by atoms with Crippen molar-refractivity contribution in [3.8, 4) is 0 Å². The van der Waals surface area contributed by atoms with Crippen molar-refractivity contribution >= 4 is 15.7 Å². The van der Waals surface area contributed by atoms with Gasteiger partial charge in [0.2, 0.25) is 10.0 Å². The van der Waals surface area contributed by atoms with Crippen LogP contribution in [0, 0.1) is 11.6 Å². The highest BCUT2D eigenvalue weighted by molar-refractivity contribution is 7.89. The van der Waals surface area contributed by atoms with E-state index in [4.69, 9.17) is 0 Å². The molecule has 0 bridgehead atoms. The van der Waals surface area contributed by atoms with Crippen molar-refractivity contribution in [3.05, 3.63) is 23.8 Å². The minimum Gasteiger partial charge on any atom is -0.368 e. The van der Waals surface area contributed by atoms with Crippen LogP contribution in [0.15, 0.2) is 17.0 Å². The van der Waals surface area contributed by atoms with Crippen molar-refractivity contribution < 1.29 is 17.2 Å². The Balaban J connectivity index is 2.75. The van der Waals surface area contributed by atoms with Crippen molar-refractivity contribution in [2.24, 2.45) is 0 Å². The fourth-order valence-electron chi connectivity index (χ4n) is 1.37. The first-order valence-electron chi connectivity index (χ1n) is 4.12. The molecule has 1 aromatic carbocycles. The van der Waals surface area contributed by atoms with E-state index in [1.807, 2.05) is 0 Å². The summed E-state index contributed by atoms with van der Waals surface area (Å²) in [6.45, 7) is -0.0299. The van der Waals surface area contributed by atoms with E-state index in [1.54, 1.807) is 0 Å². The molecule has 0 unspecified atom stereocenters. The third kappa shape index (κ3) is 1.47. The van der Waals surface area contributed by atoms with Crippen LogP contribution >= 0.6 is 0 Å². The summed E-state index contributed by atoms with van der Waals surface area (Å²) in [5.41, 5.74) is -0.172. The van der Waals surface area contributed by atoms with Gasteiger partial charge in [0.05, 0.1) is 12.4 Å². The first kappa shape index (κ1) is 10.3. The molecule has 0 atom stereocenters. The molecule has 0 radical (unpaired) electrons. The Kier molecular flexibility index (Phi) is 2.16. The lowest BCUT2D eigenvalue weighted by Gasteiger charge is -2.26. The molecular formula is C8H8F2N2O2S. The predicted molar refractivity (Wildman–Crippen MR) is 49.8 cm³/mol. The van der Waals surface area contributed by atoms with Crippen LogP contribution in [-0.2, 0) is 10.0 Å². The lowest BCUT2D eigenvalue weighted by Crippen LogP contribution is -2.37. The van der Waals surface area contributed by atoms with Gasteiger partial charge in [-0.1, -0.05) is 0 Å². The molecule has 0 aromatic heterocycles. The van der Waals surface area contributed by atoms with Crippen LogP contribution in [0.4, 0.5) is 14.5 Å². The summed E-state index contributed by atoms with van der Waals surface area (Å²) in [6, 6.07) is 1.45. The maximum Gasteiger partial charge on any atom is 0.246 e. The number of halogens is 2. The van der Waals surface area contributed by atoms with E-state index in [0.29, 0.717) is 6.07 Å². The Hall–Kier alpha value is -1.21. The van der Waals surface area contributed by atoms with Gasteiger partial charge < -0.3 is 5.32 Å². The molecule has 82 valence electrons. The van der Waals surface area contributed by atoms with Crippen LogP contribution in [0.5, 0.6) is 0 Å². The second kappa shape index (κ2) is 3.14. The second-order valence-electron chi connectivity index (χ2n) is 3.20. The van der Waals surface area contributed by atoms with Crippen molar-refractivity contribution in [1.29, 1.82) is 0 Å². The summed E-state index contributed by atoms with van der Waals surface area (Å²) < 4.78 is 50.4. The third-order valence-electron chi connectivity index (χ3n) is 2.19. The first-order valence-corrected chi connectivity index (χ1v) is 5.56. The minimum atomic E-state index is -3.77. The van der Waals surface area contributed by atoms with Gasteiger partial charge in [-0.2, -0.15) is 4.31 Å². The van der Waals surface area contributed by atoms with Crippen molar-refractivity contribution in [3.63, 3.8) is 0 Å². The molecule has 1 heterocycles. The molecule has 4 nitrogen and oxygen atoms in total. The van der Waals surface area contributed by atoms with Crippen LogP contribution in [0.25, 0.3) is 0 Å². The molecule has 1 N–H and O–H groups in total. The molecule has 1 aromatic rings. The van der Waals surface area contributed by atoms with Gasteiger partial charge in [0.15, 0.2) is 5.82 Å². The number of benzene rings is 1.